The third-order valence-corrected chi connectivity index (χ3v) is 1.89. The molecule has 2 rings (SSSR count). The molecule has 9 heavy (non-hydrogen) atoms. The summed E-state index contributed by atoms with van der Waals surface area (Å²) in [7, 11) is 0. The lowest BCUT2D eigenvalue weighted by molar-refractivity contribution is -0.142. The summed E-state index contributed by atoms with van der Waals surface area (Å²) in [5, 5.41) is 0. The summed E-state index contributed by atoms with van der Waals surface area (Å²) in [5.74, 6) is 0.171. The lowest BCUT2D eigenvalue weighted by Gasteiger charge is -2.04. The van der Waals surface area contributed by atoms with E-state index in [1.165, 1.54) is 0 Å². The van der Waals surface area contributed by atoms with Crippen LogP contribution in [0, 0.1) is 5.92 Å². The molecule has 0 saturated carbocycles. The van der Waals surface area contributed by atoms with Crippen LogP contribution in [0.1, 0.15) is 12.8 Å². The van der Waals surface area contributed by atoms with Crippen LogP contribution in [0.4, 0.5) is 0 Å². The maximum atomic E-state index is 10.8. The third kappa shape index (κ3) is 0.661. The first-order valence-corrected chi connectivity index (χ1v) is 3.23. The lowest BCUT2D eigenvalue weighted by Crippen LogP contribution is -2.05. The van der Waals surface area contributed by atoms with Gasteiger partial charge in [-0.25, -0.2) is 0 Å². The van der Waals surface area contributed by atoms with E-state index in [1.807, 2.05) is 12.2 Å². The molecule has 2 atom stereocenters. The molecule has 0 spiro atoms. The average molecular weight is 124 g/mol. The van der Waals surface area contributed by atoms with Gasteiger partial charge < -0.3 is 4.74 Å². The number of esters is 1. The first kappa shape index (κ1) is 5.03. The van der Waals surface area contributed by atoms with Crippen LogP contribution in [0.3, 0.4) is 0 Å². The van der Waals surface area contributed by atoms with Gasteiger partial charge in [-0.05, 0) is 12.5 Å². The topological polar surface area (TPSA) is 26.3 Å². The molecular weight excluding hydrogens is 116 g/mol. The summed E-state index contributed by atoms with van der Waals surface area (Å²) in [4.78, 5) is 10.8. The van der Waals surface area contributed by atoms with E-state index in [0.717, 1.165) is 12.8 Å². The first-order chi connectivity index (χ1) is 4.36. The van der Waals surface area contributed by atoms with Gasteiger partial charge in [-0.2, -0.15) is 0 Å². The highest BCUT2D eigenvalue weighted by Gasteiger charge is 2.34. The molecule has 2 nitrogen and oxygen atoms in total. The monoisotopic (exact) mass is 124 g/mol. The second-order valence-electron chi connectivity index (χ2n) is 2.57. The third-order valence-electron chi connectivity index (χ3n) is 1.89. The van der Waals surface area contributed by atoms with Crippen molar-refractivity contribution >= 4 is 5.97 Å². The predicted octanol–water partition coefficient (Wildman–Crippen LogP) is 0.878. The number of ether oxygens (including phenoxy) is 1. The molecular formula is C7H8O2. The zero-order chi connectivity index (χ0) is 6.27. The van der Waals surface area contributed by atoms with Crippen molar-refractivity contribution in [1.29, 1.82) is 0 Å². The molecule has 2 aliphatic rings. The van der Waals surface area contributed by atoms with Gasteiger partial charge in [-0.3, -0.25) is 4.79 Å². The molecule has 2 bridgehead atoms. The van der Waals surface area contributed by atoms with Crippen molar-refractivity contribution in [2.75, 3.05) is 0 Å². The van der Waals surface area contributed by atoms with Crippen LogP contribution in [0.15, 0.2) is 12.2 Å². The lowest BCUT2D eigenvalue weighted by atomic mass is 9.96. The molecule has 1 aliphatic heterocycles. The highest BCUT2D eigenvalue weighted by molar-refractivity contribution is 5.75. The molecule has 48 valence electrons. The number of allylic oxidation sites excluding steroid dienone is 1. The van der Waals surface area contributed by atoms with Crippen molar-refractivity contribution < 1.29 is 9.53 Å². The van der Waals surface area contributed by atoms with Crippen LogP contribution < -0.4 is 0 Å². The van der Waals surface area contributed by atoms with E-state index in [0.29, 0.717) is 0 Å². The molecule has 0 aromatic rings. The quantitative estimate of drug-likeness (QED) is 0.354. The smallest absolute Gasteiger partial charge is 0.309 e. The number of hydrogen-bond acceptors (Lipinski definition) is 2. The number of carbonyl (C=O) groups excluding carboxylic acids is 1. The van der Waals surface area contributed by atoms with Crippen molar-refractivity contribution in [3.63, 3.8) is 0 Å². The minimum absolute atomic E-state index is 0.00926. The van der Waals surface area contributed by atoms with Gasteiger partial charge >= 0.3 is 5.97 Å². The van der Waals surface area contributed by atoms with Crippen molar-refractivity contribution in [3.05, 3.63) is 12.2 Å². The van der Waals surface area contributed by atoms with E-state index in [9.17, 15) is 4.79 Å². The molecule has 1 aliphatic carbocycles. The molecule has 2 heteroatoms. The number of hydrogen-bond donors (Lipinski definition) is 0. The fraction of sp³-hybridized carbons (Fsp3) is 0.571. The highest BCUT2D eigenvalue weighted by Crippen LogP contribution is 2.29. The van der Waals surface area contributed by atoms with E-state index in [-0.39, 0.29) is 18.0 Å². The van der Waals surface area contributed by atoms with Crippen LogP contribution in [0.5, 0.6) is 0 Å². The van der Waals surface area contributed by atoms with Crippen molar-refractivity contribution in [1.82, 2.24) is 0 Å². The summed E-state index contributed by atoms with van der Waals surface area (Å²) in [6.07, 6.45) is 5.91. The Kier molecular flexibility index (Phi) is 0.891. The van der Waals surface area contributed by atoms with Gasteiger partial charge in [0.1, 0.15) is 6.10 Å². The van der Waals surface area contributed by atoms with Crippen molar-refractivity contribution in [2.24, 2.45) is 5.92 Å². The molecule has 0 aromatic carbocycles. The SMILES string of the molecule is O=C1O[C@H]2C=CCC1C2. The van der Waals surface area contributed by atoms with Gasteiger partial charge in [0.05, 0.1) is 5.92 Å². The number of fused-ring (bicyclic) bond motifs is 2. The zero-order valence-corrected chi connectivity index (χ0v) is 5.04. The molecule has 0 amide bonds. The molecule has 1 heterocycles. The molecule has 0 radical (unpaired) electrons. The zero-order valence-electron chi connectivity index (χ0n) is 5.04. The maximum Gasteiger partial charge on any atom is 0.309 e. The normalized spacial score (nSPS) is 38.9. The highest BCUT2D eigenvalue weighted by atomic mass is 16.5. The van der Waals surface area contributed by atoms with Crippen molar-refractivity contribution in [2.45, 2.75) is 18.9 Å². The van der Waals surface area contributed by atoms with Gasteiger partial charge in [0.15, 0.2) is 0 Å². The fourth-order valence-electron chi connectivity index (χ4n) is 1.38. The number of carbonyl (C=O) groups is 1. The molecule has 0 aromatic heterocycles. The van der Waals surface area contributed by atoms with E-state index >= 15 is 0 Å². The van der Waals surface area contributed by atoms with Crippen LogP contribution >= 0.6 is 0 Å². The molecule has 1 unspecified atom stereocenters. The first-order valence-electron chi connectivity index (χ1n) is 3.23. The molecule has 1 saturated heterocycles. The second kappa shape index (κ2) is 1.59. The van der Waals surface area contributed by atoms with Crippen LogP contribution in [-0.2, 0) is 9.53 Å². The van der Waals surface area contributed by atoms with Crippen LogP contribution in [0.25, 0.3) is 0 Å². The van der Waals surface area contributed by atoms with Gasteiger partial charge in [0.25, 0.3) is 0 Å². The van der Waals surface area contributed by atoms with Gasteiger partial charge in [0.2, 0.25) is 0 Å². The Hall–Kier alpha value is -0.790. The maximum absolute atomic E-state index is 10.8. The Labute approximate surface area is 53.5 Å². The van der Waals surface area contributed by atoms with Gasteiger partial charge in [-0.15, -0.1) is 0 Å². The fourth-order valence-corrected chi connectivity index (χ4v) is 1.38. The Bertz CT molecular complexity index is 172. The Morgan fingerprint density at radius 2 is 2.56 bits per heavy atom. The molecule has 0 N–H and O–H groups in total. The minimum atomic E-state index is -0.00926. The van der Waals surface area contributed by atoms with Crippen molar-refractivity contribution in [3.8, 4) is 0 Å². The predicted molar refractivity (Wildman–Crippen MR) is 31.7 cm³/mol. The Balaban J connectivity index is 2.26. The summed E-state index contributed by atoms with van der Waals surface area (Å²) in [6, 6.07) is 0. The standard InChI is InChI=1S/C7H8O2/c8-7-5-2-1-3-6(4-5)9-7/h1,3,5-6H,2,4H2/t5?,6-/m0/s1. The Morgan fingerprint density at radius 1 is 1.67 bits per heavy atom. The summed E-state index contributed by atoms with van der Waals surface area (Å²) < 4.78 is 4.96. The minimum Gasteiger partial charge on any atom is -0.458 e. The van der Waals surface area contributed by atoms with Crippen LogP contribution in [0.2, 0.25) is 0 Å². The van der Waals surface area contributed by atoms with Gasteiger partial charge in [0, 0.05) is 6.42 Å². The van der Waals surface area contributed by atoms with E-state index in [4.69, 9.17) is 4.74 Å². The van der Waals surface area contributed by atoms with E-state index < -0.39 is 0 Å². The molecule has 1 fully saturated rings. The largest absolute Gasteiger partial charge is 0.458 e. The second-order valence-corrected chi connectivity index (χ2v) is 2.57. The number of rotatable bonds is 0. The Morgan fingerprint density at radius 3 is 3.22 bits per heavy atom. The van der Waals surface area contributed by atoms with E-state index in [2.05, 4.69) is 0 Å². The summed E-state index contributed by atoms with van der Waals surface area (Å²) >= 11 is 0. The summed E-state index contributed by atoms with van der Waals surface area (Å²) in [6.45, 7) is 0. The average Bonchev–Trinajstić information content (AvgIpc) is 2.09. The summed E-state index contributed by atoms with van der Waals surface area (Å²) in [5.41, 5.74) is 0. The van der Waals surface area contributed by atoms with Gasteiger partial charge in [-0.1, -0.05) is 6.08 Å². The van der Waals surface area contributed by atoms with E-state index in [1.54, 1.807) is 0 Å². The van der Waals surface area contributed by atoms with Crippen LogP contribution in [-0.4, -0.2) is 12.1 Å².